The first kappa shape index (κ1) is 16.9. The summed E-state index contributed by atoms with van der Waals surface area (Å²) in [6.45, 7) is 1.71. The normalized spacial score (nSPS) is 12.6. The van der Waals surface area contributed by atoms with Crippen LogP contribution in [0.25, 0.3) is 0 Å². The number of sulfonamides is 1. The molecule has 1 unspecified atom stereocenters. The van der Waals surface area contributed by atoms with E-state index >= 15 is 0 Å². The summed E-state index contributed by atoms with van der Waals surface area (Å²) in [4.78, 5) is 10.0. The van der Waals surface area contributed by atoms with Gasteiger partial charge in [0.15, 0.2) is 0 Å². The molecular weight excluding hydrogens is 320 g/mol. The molecule has 0 amide bonds. The van der Waals surface area contributed by atoms with Crippen LogP contribution >= 0.6 is 0 Å². The molecule has 0 aliphatic heterocycles. The van der Waals surface area contributed by atoms with Gasteiger partial charge in [-0.1, -0.05) is 12.1 Å². The molecule has 0 bridgehead atoms. The van der Waals surface area contributed by atoms with Gasteiger partial charge in [0.25, 0.3) is 5.69 Å². The van der Waals surface area contributed by atoms with Crippen LogP contribution < -0.4 is 9.46 Å². The van der Waals surface area contributed by atoms with E-state index in [1.807, 2.05) is 0 Å². The van der Waals surface area contributed by atoms with Gasteiger partial charge >= 0.3 is 0 Å². The van der Waals surface area contributed by atoms with Gasteiger partial charge in [0.1, 0.15) is 5.75 Å². The van der Waals surface area contributed by atoms with Crippen LogP contribution in [0.2, 0.25) is 0 Å². The highest BCUT2D eigenvalue weighted by Crippen LogP contribution is 2.21. The van der Waals surface area contributed by atoms with Crippen molar-refractivity contribution in [2.24, 2.45) is 0 Å². The van der Waals surface area contributed by atoms with Crippen LogP contribution in [0.1, 0.15) is 18.5 Å². The lowest BCUT2D eigenvalue weighted by Gasteiger charge is -2.15. The molecule has 1 N–H and O–H groups in total. The molecule has 7 nitrogen and oxygen atoms in total. The molecule has 0 saturated heterocycles. The average molecular weight is 336 g/mol. The minimum atomic E-state index is -3.77. The molecule has 122 valence electrons. The summed E-state index contributed by atoms with van der Waals surface area (Å²) < 4.78 is 32.2. The Morgan fingerprint density at radius 2 is 1.65 bits per heavy atom. The SMILES string of the molecule is COc1ccc(C(C)NS(=O)(=O)c2ccc([N+](=O)[O-])cc2)cc1. The Bertz CT molecular complexity index is 786. The Kier molecular flexibility index (Phi) is 4.97. The second kappa shape index (κ2) is 6.76. The van der Waals surface area contributed by atoms with Crippen molar-refractivity contribution in [3.63, 3.8) is 0 Å². The summed E-state index contributed by atoms with van der Waals surface area (Å²) in [6, 6.07) is 11.3. The lowest BCUT2D eigenvalue weighted by molar-refractivity contribution is -0.384. The fourth-order valence-electron chi connectivity index (χ4n) is 2.01. The number of rotatable bonds is 6. The molecule has 23 heavy (non-hydrogen) atoms. The summed E-state index contributed by atoms with van der Waals surface area (Å²) in [5.41, 5.74) is 0.614. The molecule has 0 fully saturated rings. The third-order valence-corrected chi connectivity index (χ3v) is 4.86. The quantitative estimate of drug-likeness (QED) is 0.646. The molecule has 0 aromatic heterocycles. The Morgan fingerprint density at radius 1 is 1.09 bits per heavy atom. The monoisotopic (exact) mass is 336 g/mol. The summed E-state index contributed by atoms with van der Waals surface area (Å²) in [7, 11) is -2.22. The Hall–Kier alpha value is -2.45. The maximum atomic E-state index is 12.3. The smallest absolute Gasteiger partial charge is 0.269 e. The molecule has 0 aliphatic carbocycles. The molecule has 2 rings (SSSR count). The van der Waals surface area contributed by atoms with Crippen molar-refractivity contribution in [3.05, 3.63) is 64.2 Å². The minimum absolute atomic E-state index is 0.0246. The Labute approximate surface area is 134 Å². The first-order chi connectivity index (χ1) is 10.8. The van der Waals surface area contributed by atoms with Crippen LogP contribution in [-0.4, -0.2) is 20.5 Å². The third kappa shape index (κ3) is 4.05. The van der Waals surface area contributed by atoms with Gasteiger partial charge in [0, 0.05) is 18.2 Å². The van der Waals surface area contributed by atoms with Gasteiger partial charge in [0.2, 0.25) is 10.0 Å². The number of nitrogens with zero attached hydrogens (tertiary/aromatic N) is 1. The predicted molar refractivity (Wildman–Crippen MR) is 84.8 cm³/mol. The first-order valence-electron chi connectivity index (χ1n) is 6.74. The zero-order valence-corrected chi connectivity index (χ0v) is 13.4. The molecular formula is C15H16N2O5S. The fraction of sp³-hybridized carbons (Fsp3) is 0.200. The third-order valence-electron chi connectivity index (χ3n) is 3.31. The van der Waals surface area contributed by atoms with Crippen molar-refractivity contribution in [1.82, 2.24) is 4.72 Å². The fourth-order valence-corrected chi connectivity index (χ4v) is 3.24. The van der Waals surface area contributed by atoms with Gasteiger partial charge in [0.05, 0.1) is 16.9 Å². The van der Waals surface area contributed by atoms with Gasteiger partial charge < -0.3 is 4.74 Å². The van der Waals surface area contributed by atoms with Crippen LogP contribution in [0.15, 0.2) is 53.4 Å². The lowest BCUT2D eigenvalue weighted by atomic mass is 10.1. The zero-order valence-electron chi connectivity index (χ0n) is 12.6. The molecule has 2 aromatic carbocycles. The summed E-state index contributed by atoms with van der Waals surface area (Å²) >= 11 is 0. The van der Waals surface area contributed by atoms with Crippen molar-refractivity contribution in [1.29, 1.82) is 0 Å². The van der Waals surface area contributed by atoms with Gasteiger partial charge in [-0.25, -0.2) is 13.1 Å². The van der Waals surface area contributed by atoms with E-state index in [2.05, 4.69) is 4.72 Å². The average Bonchev–Trinajstić information content (AvgIpc) is 2.54. The van der Waals surface area contributed by atoms with Crippen molar-refractivity contribution < 1.29 is 18.1 Å². The molecule has 0 aliphatic rings. The van der Waals surface area contributed by atoms with E-state index in [1.165, 1.54) is 12.1 Å². The molecule has 0 spiro atoms. The van der Waals surface area contributed by atoms with E-state index in [4.69, 9.17) is 4.74 Å². The second-order valence-electron chi connectivity index (χ2n) is 4.87. The van der Waals surface area contributed by atoms with Crippen molar-refractivity contribution >= 4 is 15.7 Å². The second-order valence-corrected chi connectivity index (χ2v) is 6.58. The number of nitro groups is 1. The standard InChI is InChI=1S/C15H16N2O5S/c1-11(12-3-7-14(22-2)8-4-12)16-23(20,21)15-9-5-13(6-10-15)17(18)19/h3-11,16H,1-2H3. The highest BCUT2D eigenvalue weighted by Gasteiger charge is 2.19. The van der Waals surface area contributed by atoms with Crippen LogP contribution in [0.5, 0.6) is 5.75 Å². The van der Waals surface area contributed by atoms with Gasteiger partial charge in [-0.2, -0.15) is 0 Å². The van der Waals surface area contributed by atoms with E-state index in [0.717, 1.165) is 17.7 Å². The number of methoxy groups -OCH3 is 1. The maximum Gasteiger partial charge on any atom is 0.269 e. The number of nitrogens with one attached hydrogen (secondary N) is 1. The molecule has 8 heteroatoms. The highest BCUT2D eigenvalue weighted by atomic mass is 32.2. The lowest BCUT2D eigenvalue weighted by Crippen LogP contribution is -2.26. The van der Waals surface area contributed by atoms with E-state index in [0.29, 0.717) is 5.75 Å². The predicted octanol–water partition coefficient (Wildman–Crippen LogP) is 2.64. The van der Waals surface area contributed by atoms with E-state index in [9.17, 15) is 18.5 Å². The zero-order chi connectivity index (χ0) is 17.0. The molecule has 0 saturated carbocycles. The van der Waals surface area contributed by atoms with E-state index < -0.39 is 21.0 Å². The van der Waals surface area contributed by atoms with Crippen molar-refractivity contribution in [2.75, 3.05) is 7.11 Å². The number of nitro benzene ring substituents is 1. The Morgan fingerprint density at radius 3 is 2.13 bits per heavy atom. The van der Waals surface area contributed by atoms with E-state index in [1.54, 1.807) is 38.3 Å². The van der Waals surface area contributed by atoms with Crippen LogP contribution in [0.3, 0.4) is 0 Å². The number of hydrogen-bond acceptors (Lipinski definition) is 5. The van der Waals surface area contributed by atoms with Crippen LogP contribution in [-0.2, 0) is 10.0 Å². The summed E-state index contributed by atoms with van der Waals surface area (Å²) in [5, 5.41) is 10.6. The van der Waals surface area contributed by atoms with Crippen LogP contribution in [0.4, 0.5) is 5.69 Å². The summed E-state index contributed by atoms with van der Waals surface area (Å²) in [6.07, 6.45) is 0. The first-order valence-corrected chi connectivity index (χ1v) is 8.22. The van der Waals surface area contributed by atoms with Crippen molar-refractivity contribution in [3.8, 4) is 5.75 Å². The minimum Gasteiger partial charge on any atom is -0.497 e. The van der Waals surface area contributed by atoms with Crippen molar-refractivity contribution in [2.45, 2.75) is 17.9 Å². The topological polar surface area (TPSA) is 98.5 Å². The van der Waals surface area contributed by atoms with Gasteiger partial charge in [-0.3, -0.25) is 10.1 Å². The molecule has 2 aromatic rings. The number of hydrogen-bond donors (Lipinski definition) is 1. The number of non-ortho nitro benzene ring substituents is 1. The van der Waals surface area contributed by atoms with E-state index in [-0.39, 0.29) is 10.6 Å². The summed E-state index contributed by atoms with van der Waals surface area (Å²) in [5.74, 6) is 0.680. The maximum absolute atomic E-state index is 12.3. The molecule has 0 radical (unpaired) electrons. The Balaban J connectivity index is 2.17. The largest absolute Gasteiger partial charge is 0.497 e. The number of ether oxygens (including phenoxy) is 1. The molecule has 0 heterocycles. The number of benzene rings is 2. The highest BCUT2D eigenvalue weighted by molar-refractivity contribution is 7.89. The molecule has 1 atom stereocenters. The van der Waals surface area contributed by atoms with Crippen LogP contribution in [0, 0.1) is 10.1 Å². The van der Waals surface area contributed by atoms with Gasteiger partial charge in [-0.05, 0) is 36.8 Å². The van der Waals surface area contributed by atoms with Gasteiger partial charge in [-0.15, -0.1) is 0 Å².